The largest absolute Gasteiger partial charge is 0.492 e. The van der Waals surface area contributed by atoms with E-state index in [-0.39, 0.29) is 0 Å². The summed E-state index contributed by atoms with van der Waals surface area (Å²) >= 11 is 0. The van der Waals surface area contributed by atoms with Crippen molar-refractivity contribution in [3.05, 3.63) is 29.8 Å². The molecule has 1 aromatic carbocycles. The van der Waals surface area contributed by atoms with Crippen LogP contribution in [0.1, 0.15) is 25.3 Å². The Morgan fingerprint density at radius 1 is 1.31 bits per heavy atom. The number of nitrogens with zero attached hydrogens (tertiary/aromatic N) is 3. The Bertz CT molecular complexity index is 544. The standard InChI is InChI=1S/C20H34N4O2/c1-4-5-10-23(3)20(21-2)22-17-18-8-6-7-9-19(18)26-16-13-24-11-14-25-15-12-24/h6-9H,4-5,10-17H2,1-3H3,(H,21,22). The van der Waals surface area contributed by atoms with Crippen molar-refractivity contribution in [3.8, 4) is 5.75 Å². The summed E-state index contributed by atoms with van der Waals surface area (Å²) < 4.78 is 11.4. The van der Waals surface area contributed by atoms with Gasteiger partial charge >= 0.3 is 0 Å². The molecule has 0 saturated carbocycles. The summed E-state index contributed by atoms with van der Waals surface area (Å²) in [4.78, 5) is 8.94. The van der Waals surface area contributed by atoms with Crippen molar-refractivity contribution in [1.82, 2.24) is 15.1 Å². The van der Waals surface area contributed by atoms with Gasteiger partial charge in [0.1, 0.15) is 12.4 Å². The van der Waals surface area contributed by atoms with Gasteiger partial charge in [-0.2, -0.15) is 0 Å². The van der Waals surface area contributed by atoms with E-state index in [0.717, 1.165) is 56.7 Å². The van der Waals surface area contributed by atoms with Crippen LogP contribution < -0.4 is 10.1 Å². The Kier molecular flexibility index (Phi) is 9.28. The molecule has 0 amide bonds. The lowest BCUT2D eigenvalue weighted by molar-refractivity contribution is 0.0322. The van der Waals surface area contributed by atoms with E-state index >= 15 is 0 Å². The molecule has 0 atom stereocenters. The fraction of sp³-hybridized carbons (Fsp3) is 0.650. The third-order valence-electron chi connectivity index (χ3n) is 4.60. The third kappa shape index (κ3) is 6.84. The van der Waals surface area contributed by atoms with Crippen LogP contribution in [0.2, 0.25) is 0 Å². The van der Waals surface area contributed by atoms with Crippen LogP contribution >= 0.6 is 0 Å². The number of hydrogen-bond donors (Lipinski definition) is 1. The van der Waals surface area contributed by atoms with E-state index in [1.807, 2.05) is 19.2 Å². The second-order valence-electron chi connectivity index (χ2n) is 6.59. The molecule has 2 rings (SSSR count). The zero-order chi connectivity index (χ0) is 18.6. The molecule has 1 heterocycles. The molecule has 1 saturated heterocycles. The molecule has 6 nitrogen and oxygen atoms in total. The van der Waals surface area contributed by atoms with E-state index in [4.69, 9.17) is 9.47 Å². The highest BCUT2D eigenvalue weighted by Crippen LogP contribution is 2.18. The number of benzene rings is 1. The van der Waals surface area contributed by atoms with Gasteiger partial charge in [0, 0.05) is 52.4 Å². The molecular formula is C20H34N4O2. The monoisotopic (exact) mass is 362 g/mol. The summed E-state index contributed by atoms with van der Waals surface area (Å²) in [5.74, 6) is 1.86. The molecule has 146 valence electrons. The number of nitrogens with one attached hydrogen (secondary N) is 1. The fourth-order valence-corrected chi connectivity index (χ4v) is 2.96. The van der Waals surface area contributed by atoms with Gasteiger partial charge in [-0.15, -0.1) is 0 Å². The third-order valence-corrected chi connectivity index (χ3v) is 4.60. The SMILES string of the molecule is CCCCN(C)C(=NC)NCc1ccccc1OCCN1CCOCC1. The van der Waals surface area contributed by atoms with Crippen LogP contribution in [0, 0.1) is 0 Å². The Labute approximate surface area is 158 Å². The van der Waals surface area contributed by atoms with Gasteiger partial charge in [-0.05, 0) is 12.5 Å². The van der Waals surface area contributed by atoms with Gasteiger partial charge < -0.3 is 19.7 Å². The highest BCUT2D eigenvalue weighted by atomic mass is 16.5. The first-order valence-corrected chi connectivity index (χ1v) is 9.67. The smallest absolute Gasteiger partial charge is 0.193 e. The minimum atomic E-state index is 0.697. The normalized spacial score (nSPS) is 15.7. The second-order valence-corrected chi connectivity index (χ2v) is 6.59. The lowest BCUT2D eigenvalue weighted by Gasteiger charge is -2.26. The van der Waals surface area contributed by atoms with Gasteiger partial charge in [0.05, 0.1) is 13.2 Å². The van der Waals surface area contributed by atoms with Crippen LogP contribution in [0.15, 0.2) is 29.3 Å². The summed E-state index contributed by atoms with van der Waals surface area (Å²) in [5, 5.41) is 3.44. The van der Waals surface area contributed by atoms with Gasteiger partial charge in [0.25, 0.3) is 0 Å². The molecule has 0 spiro atoms. The summed E-state index contributed by atoms with van der Waals surface area (Å²) in [7, 11) is 3.91. The average molecular weight is 363 g/mol. The summed E-state index contributed by atoms with van der Waals surface area (Å²) in [6.45, 7) is 9.18. The van der Waals surface area contributed by atoms with Crippen LogP contribution in [-0.4, -0.2) is 75.9 Å². The van der Waals surface area contributed by atoms with Crippen LogP contribution in [0.25, 0.3) is 0 Å². The lowest BCUT2D eigenvalue weighted by Crippen LogP contribution is -2.39. The zero-order valence-electron chi connectivity index (χ0n) is 16.5. The Balaban J connectivity index is 1.83. The van der Waals surface area contributed by atoms with Crippen LogP contribution in [0.3, 0.4) is 0 Å². The highest BCUT2D eigenvalue weighted by Gasteiger charge is 2.11. The maximum atomic E-state index is 6.06. The maximum Gasteiger partial charge on any atom is 0.193 e. The van der Waals surface area contributed by atoms with Crippen molar-refractivity contribution < 1.29 is 9.47 Å². The van der Waals surface area contributed by atoms with Crippen molar-refractivity contribution in [3.63, 3.8) is 0 Å². The number of rotatable bonds is 9. The molecule has 1 aliphatic rings. The number of para-hydroxylation sites is 1. The molecule has 0 aromatic heterocycles. The van der Waals surface area contributed by atoms with Crippen LogP contribution in [0.4, 0.5) is 0 Å². The summed E-state index contributed by atoms with van der Waals surface area (Å²) in [6.07, 6.45) is 2.35. The van der Waals surface area contributed by atoms with E-state index in [1.54, 1.807) is 0 Å². The van der Waals surface area contributed by atoms with Crippen molar-refractivity contribution in [2.45, 2.75) is 26.3 Å². The molecule has 26 heavy (non-hydrogen) atoms. The fourth-order valence-electron chi connectivity index (χ4n) is 2.96. The molecule has 6 heteroatoms. The molecular weight excluding hydrogens is 328 g/mol. The minimum Gasteiger partial charge on any atom is -0.492 e. The van der Waals surface area contributed by atoms with Gasteiger partial charge in [-0.25, -0.2) is 0 Å². The van der Waals surface area contributed by atoms with Crippen molar-refractivity contribution in [1.29, 1.82) is 0 Å². The topological polar surface area (TPSA) is 49.3 Å². The minimum absolute atomic E-state index is 0.697. The molecule has 1 N–H and O–H groups in total. The summed E-state index contributed by atoms with van der Waals surface area (Å²) in [6, 6.07) is 8.22. The van der Waals surface area contributed by atoms with Crippen molar-refractivity contribution >= 4 is 5.96 Å². The van der Waals surface area contributed by atoms with Crippen LogP contribution in [0.5, 0.6) is 5.75 Å². The molecule has 0 bridgehead atoms. The molecule has 1 aliphatic heterocycles. The lowest BCUT2D eigenvalue weighted by atomic mass is 10.2. The van der Waals surface area contributed by atoms with Gasteiger partial charge in [0.15, 0.2) is 5.96 Å². The Morgan fingerprint density at radius 3 is 2.81 bits per heavy atom. The van der Waals surface area contributed by atoms with E-state index in [1.165, 1.54) is 12.8 Å². The second kappa shape index (κ2) is 11.8. The van der Waals surface area contributed by atoms with E-state index < -0.39 is 0 Å². The van der Waals surface area contributed by atoms with E-state index in [2.05, 4.69) is 46.2 Å². The quantitative estimate of drug-likeness (QED) is 0.539. The first-order chi connectivity index (χ1) is 12.7. The predicted octanol–water partition coefficient (Wildman–Crippen LogP) is 2.20. The average Bonchev–Trinajstić information content (AvgIpc) is 2.68. The number of ether oxygens (including phenoxy) is 2. The molecule has 0 aliphatic carbocycles. The number of hydrogen-bond acceptors (Lipinski definition) is 4. The Morgan fingerprint density at radius 2 is 2.08 bits per heavy atom. The molecule has 0 radical (unpaired) electrons. The van der Waals surface area contributed by atoms with Crippen LogP contribution in [-0.2, 0) is 11.3 Å². The van der Waals surface area contributed by atoms with Crippen molar-refractivity contribution in [2.75, 3.05) is 60.1 Å². The number of guanidine groups is 1. The first-order valence-electron chi connectivity index (χ1n) is 9.67. The van der Waals surface area contributed by atoms with Gasteiger partial charge in [0.2, 0.25) is 0 Å². The van der Waals surface area contributed by atoms with E-state index in [0.29, 0.717) is 13.2 Å². The molecule has 1 aromatic rings. The highest BCUT2D eigenvalue weighted by molar-refractivity contribution is 5.79. The predicted molar refractivity (Wildman–Crippen MR) is 107 cm³/mol. The van der Waals surface area contributed by atoms with Gasteiger partial charge in [-0.1, -0.05) is 31.5 Å². The summed E-state index contributed by atoms with van der Waals surface area (Å²) in [5.41, 5.74) is 1.15. The number of unbranched alkanes of at least 4 members (excludes halogenated alkanes) is 1. The Hall–Kier alpha value is -1.79. The first kappa shape index (κ1) is 20.5. The van der Waals surface area contributed by atoms with E-state index in [9.17, 15) is 0 Å². The van der Waals surface area contributed by atoms with Crippen molar-refractivity contribution in [2.24, 2.45) is 4.99 Å². The van der Waals surface area contributed by atoms with Gasteiger partial charge in [-0.3, -0.25) is 9.89 Å². The zero-order valence-corrected chi connectivity index (χ0v) is 16.5. The molecule has 1 fully saturated rings. The maximum absolute atomic E-state index is 6.06. The number of morpholine rings is 1. The molecule has 0 unspecified atom stereocenters. The number of aliphatic imine (C=N–C) groups is 1.